The Morgan fingerprint density at radius 2 is 1.80 bits per heavy atom. The normalized spacial score (nSPS) is 10.8. The Bertz CT molecular complexity index is 841. The van der Waals surface area contributed by atoms with Crippen LogP contribution in [0.3, 0.4) is 0 Å². The number of carbonyl (C=O) groups is 2. The van der Waals surface area contributed by atoms with Gasteiger partial charge in [-0.1, -0.05) is 24.1 Å². The molecule has 0 amide bonds. The molecule has 0 aliphatic rings. The highest BCUT2D eigenvalue weighted by atomic mass is 19.4. The fourth-order valence-electron chi connectivity index (χ4n) is 2.18. The molecule has 1 aromatic carbocycles. The number of hydrogen-bond acceptors (Lipinski definition) is 2. The van der Waals surface area contributed by atoms with Crippen molar-refractivity contribution in [1.82, 2.24) is 4.98 Å². The lowest BCUT2D eigenvalue weighted by Gasteiger charge is -2.11. The zero-order valence-corrected chi connectivity index (χ0v) is 13.0. The minimum Gasteiger partial charge on any atom is -0.481 e. The van der Waals surface area contributed by atoms with E-state index in [0.717, 1.165) is 6.07 Å². The molecule has 0 aliphatic carbocycles. The van der Waals surface area contributed by atoms with Crippen LogP contribution < -0.4 is 0 Å². The first-order valence-corrected chi connectivity index (χ1v) is 7.35. The number of hydrogen-bond donors (Lipinski definition) is 2. The number of carboxylic acid groups (broad SMARTS) is 1. The van der Waals surface area contributed by atoms with Crippen LogP contribution in [0.4, 0.5) is 13.2 Å². The second-order valence-corrected chi connectivity index (χ2v) is 5.18. The predicted octanol–water partition coefficient (Wildman–Crippen LogP) is 4.14. The molecule has 130 valence electrons. The van der Waals surface area contributed by atoms with Crippen LogP contribution >= 0.6 is 0 Å². The number of Topliss-reactive ketones (excluding diaryl/α,β-unsaturated/α-hetero) is 1. The highest BCUT2D eigenvalue weighted by molar-refractivity contribution is 5.96. The predicted molar refractivity (Wildman–Crippen MR) is 84.8 cm³/mol. The summed E-state index contributed by atoms with van der Waals surface area (Å²) in [6.45, 7) is 0. The van der Waals surface area contributed by atoms with Crippen LogP contribution in [-0.2, 0) is 11.0 Å². The van der Waals surface area contributed by atoms with E-state index in [1.54, 1.807) is 0 Å². The Kier molecular flexibility index (Phi) is 5.65. The van der Waals surface area contributed by atoms with Crippen molar-refractivity contribution in [2.75, 3.05) is 0 Å². The lowest BCUT2D eigenvalue weighted by molar-refractivity contribution is -0.137. The van der Waals surface area contributed by atoms with E-state index in [4.69, 9.17) is 5.11 Å². The van der Waals surface area contributed by atoms with Gasteiger partial charge in [0.25, 0.3) is 0 Å². The van der Waals surface area contributed by atoms with Gasteiger partial charge >= 0.3 is 12.1 Å². The fourth-order valence-corrected chi connectivity index (χ4v) is 2.18. The molecular formula is C18H14F3NO3. The number of alkyl halides is 3. The van der Waals surface area contributed by atoms with Gasteiger partial charge in [0.1, 0.15) is 0 Å². The van der Waals surface area contributed by atoms with Crippen molar-refractivity contribution in [1.29, 1.82) is 0 Å². The number of carboxylic acids is 1. The van der Waals surface area contributed by atoms with E-state index in [9.17, 15) is 22.8 Å². The third-order valence-corrected chi connectivity index (χ3v) is 3.35. The summed E-state index contributed by atoms with van der Waals surface area (Å²) in [6.07, 6.45) is -4.61. The first-order chi connectivity index (χ1) is 11.8. The lowest BCUT2D eigenvalue weighted by atomic mass is 10.0. The molecule has 2 aromatic rings. The number of H-pyrrole nitrogens is 1. The Hall–Kier alpha value is -3.01. The number of halogens is 3. The van der Waals surface area contributed by atoms with Crippen molar-refractivity contribution in [3.8, 4) is 23.1 Å². The molecule has 0 fully saturated rings. The molecule has 0 saturated carbocycles. The summed E-state index contributed by atoms with van der Waals surface area (Å²) in [7, 11) is 0. The van der Waals surface area contributed by atoms with E-state index in [2.05, 4.69) is 16.8 Å². The Labute approximate surface area is 141 Å². The maximum Gasteiger partial charge on any atom is 0.417 e. The maximum atomic E-state index is 13.1. The van der Waals surface area contributed by atoms with Crippen LogP contribution in [0.25, 0.3) is 11.3 Å². The number of aromatic amines is 1. The molecule has 0 saturated heterocycles. The van der Waals surface area contributed by atoms with Crippen molar-refractivity contribution < 1.29 is 27.9 Å². The van der Waals surface area contributed by atoms with Crippen LogP contribution in [0.2, 0.25) is 0 Å². The van der Waals surface area contributed by atoms with Gasteiger partial charge in [-0.3, -0.25) is 9.59 Å². The molecule has 1 aromatic heterocycles. The summed E-state index contributed by atoms with van der Waals surface area (Å²) in [5.41, 5.74) is -0.486. The summed E-state index contributed by atoms with van der Waals surface area (Å²) in [4.78, 5) is 25.0. The van der Waals surface area contributed by atoms with Crippen LogP contribution in [0.15, 0.2) is 36.4 Å². The third-order valence-electron chi connectivity index (χ3n) is 3.35. The average molecular weight is 349 g/mol. The molecule has 25 heavy (non-hydrogen) atoms. The zero-order valence-electron chi connectivity index (χ0n) is 13.0. The van der Waals surface area contributed by atoms with Gasteiger partial charge in [0.2, 0.25) is 0 Å². The standard InChI is InChI=1S/C18H14F3NO3/c19-18(20,21)13-7-5-4-6-12(13)14-10-11-15(22-14)16(23)8-2-1-3-9-17(24)25/h4-7,10-11,22H,3,8-9H2,(H,24,25). The molecule has 7 heteroatoms. The van der Waals surface area contributed by atoms with Crippen LogP contribution in [0.5, 0.6) is 0 Å². The smallest absolute Gasteiger partial charge is 0.417 e. The van der Waals surface area contributed by atoms with E-state index >= 15 is 0 Å². The Balaban J connectivity index is 2.13. The minimum atomic E-state index is -4.50. The quantitative estimate of drug-likeness (QED) is 0.629. The molecular weight excluding hydrogens is 335 g/mol. The van der Waals surface area contributed by atoms with Crippen LogP contribution in [0.1, 0.15) is 35.3 Å². The van der Waals surface area contributed by atoms with Gasteiger partial charge in [0.05, 0.1) is 24.1 Å². The maximum absolute atomic E-state index is 13.1. The molecule has 0 radical (unpaired) electrons. The van der Waals surface area contributed by atoms with Crippen LogP contribution in [0, 0.1) is 11.8 Å². The van der Waals surface area contributed by atoms with E-state index in [1.165, 1.54) is 30.3 Å². The summed E-state index contributed by atoms with van der Waals surface area (Å²) in [5, 5.41) is 8.47. The fraction of sp³-hybridized carbons (Fsp3) is 0.222. The molecule has 1 heterocycles. The number of carbonyl (C=O) groups excluding carboxylic acids is 1. The lowest BCUT2D eigenvalue weighted by Crippen LogP contribution is -2.07. The van der Waals surface area contributed by atoms with E-state index in [1.807, 2.05) is 0 Å². The monoisotopic (exact) mass is 349 g/mol. The summed E-state index contributed by atoms with van der Waals surface area (Å²) in [6, 6.07) is 7.91. The first-order valence-electron chi connectivity index (χ1n) is 7.35. The van der Waals surface area contributed by atoms with Crippen molar-refractivity contribution in [2.24, 2.45) is 0 Å². The molecule has 0 spiro atoms. The summed E-state index contributed by atoms with van der Waals surface area (Å²) >= 11 is 0. The van der Waals surface area contributed by atoms with Crippen molar-refractivity contribution >= 4 is 11.8 Å². The molecule has 2 rings (SSSR count). The molecule has 4 nitrogen and oxygen atoms in total. The average Bonchev–Trinajstić information content (AvgIpc) is 3.03. The molecule has 0 unspecified atom stereocenters. The minimum absolute atomic E-state index is 0.0402. The van der Waals surface area contributed by atoms with Gasteiger partial charge in [-0.2, -0.15) is 13.2 Å². The second-order valence-electron chi connectivity index (χ2n) is 5.18. The highest BCUT2D eigenvalue weighted by Crippen LogP contribution is 2.36. The molecule has 2 N–H and O–H groups in total. The Morgan fingerprint density at radius 1 is 1.08 bits per heavy atom. The number of aromatic nitrogens is 1. The van der Waals surface area contributed by atoms with Crippen LogP contribution in [-0.4, -0.2) is 21.8 Å². The number of nitrogens with one attached hydrogen (secondary N) is 1. The number of aliphatic carboxylic acids is 1. The van der Waals surface area contributed by atoms with Gasteiger partial charge in [0, 0.05) is 17.7 Å². The van der Waals surface area contributed by atoms with Gasteiger partial charge in [0.15, 0.2) is 5.78 Å². The molecule has 0 bridgehead atoms. The topological polar surface area (TPSA) is 70.2 Å². The third kappa shape index (κ3) is 4.98. The summed E-state index contributed by atoms with van der Waals surface area (Å²) < 4.78 is 39.2. The van der Waals surface area contributed by atoms with Gasteiger partial charge < -0.3 is 10.1 Å². The second kappa shape index (κ2) is 7.71. The van der Waals surface area contributed by atoms with E-state index in [0.29, 0.717) is 0 Å². The number of benzene rings is 1. The largest absolute Gasteiger partial charge is 0.481 e. The number of ketones is 1. The van der Waals surface area contributed by atoms with E-state index < -0.39 is 17.7 Å². The zero-order chi connectivity index (χ0) is 18.4. The van der Waals surface area contributed by atoms with Gasteiger partial charge in [-0.05, 0) is 18.2 Å². The van der Waals surface area contributed by atoms with Gasteiger partial charge in [-0.15, -0.1) is 5.92 Å². The molecule has 0 aliphatic heterocycles. The SMILES string of the molecule is O=C(O)CCC#CCC(=O)c1ccc(-c2ccccc2C(F)(F)F)[nH]1. The highest BCUT2D eigenvalue weighted by Gasteiger charge is 2.33. The molecule has 0 atom stereocenters. The van der Waals surface area contributed by atoms with E-state index in [-0.39, 0.29) is 42.0 Å². The van der Waals surface area contributed by atoms with Crippen molar-refractivity contribution in [3.63, 3.8) is 0 Å². The number of rotatable bonds is 5. The first kappa shape index (κ1) is 18.3. The van der Waals surface area contributed by atoms with Crippen molar-refractivity contribution in [2.45, 2.75) is 25.4 Å². The van der Waals surface area contributed by atoms with Gasteiger partial charge in [-0.25, -0.2) is 0 Å². The van der Waals surface area contributed by atoms with Crippen molar-refractivity contribution in [3.05, 3.63) is 47.7 Å². The Morgan fingerprint density at radius 3 is 2.48 bits per heavy atom. The summed E-state index contributed by atoms with van der Waals surface area (Å²) in [5.74, 6) is 3.78.